The Hall–Kier alpha value is -1.62. The van der Waals surface area contributed by atoms with E-state index in [9.17, 15) is 4.79 Å². The van der Waals surface area contributed by atoms with Crippen LogP contribution in [-0.2, 0) is 0 Å². The van der Waals surface area contributed by atoms with E-state index < -0.39 is 5.97 Å². The largest absolute Gasteiger partial charge is 0.478 e. The van der Waals surface area contributed by atoms with E-state index in [0.717, 1.165) is 10.2 Å². The van der Waals surface area contributed by atoms with E-state index in [4.69, 9.17) is 5.11 Å². The van der Waals surface area contributed by atoms with Gasteiger partial charge in [-0.2, -0.15) is 5.10 Å². The summed E-state index contributed by atoms with van der Waals surface area (Å²) in [6.45, 7) is 3.91. The van der Waals surface area contributed by atoms with Gasteiger partial charge in [0.15, 0.2) is 0 Å². The maximum Gasteiger partial charge on any atom is 0.339 e. The Bertz CT molecular complexity index is 590. The Balaban J connectivity index is 2.61. The van der Waals surface area contributed by atoms with Crippen molar-refractivity contribution in [3.8, 4) is 5.69 Å². The van der Waals surface area contributed by atoms with E-state index in [1.54, 1.807) is 4.68 Å². The highest BCUT2D eigenvalue weighted by Crippen LogP contribution is 2.24. The van der Waals surface area contributed by atoms with Crippen LogP contribution < -0.4 is 0 Å². The summed E-state index contributed by atoms with van der Waals surface area (Å²) in [4.78, 5) is 11.2. The fraction of sp³-hybridized carbons (Fsp3) is 0.231. The van der Waals surface area contributed by atoms with Crippen LogP contribution in [-0.4, -0.2) is 20.9 Å². The van der Waals surface area contributed by atoms with Gasteiger partial charge >= 0.3 is 5.97 Å². The first-order valence-corrected chi connectivity index (χ1v) is 6.37. The van der Waals surface area contributed by atoms with Crippen molar-refractivity contribution in [1.82, 2.24) is 9.78 Å². The Morgan fingerprint density at radius 1 is 1.44 bits per heavy atom. The second kappa shape index (κ2) is 4.94. The van der Waals surface area contributed by atoms with Crippen LogP contribution in [0.15, 0.2) is 34.9 Å². The lowest BCUT2D eigenvalue weighted by molar-refractivity contribution is 0.0695. The van der Waals surface area contributed by atoms with Crippen molar-refractivity contribution in [3.05, 3.63) is 46.2 Å². The summed E-state index contributed by atoms with van der Waals surface area (Å²) in [5.74, 6) is -0.863. The molecule has 0 bridgehead atoms. The zero-order chi connectivity index (χ0) is 13.3. The van der Waals surface area contributed by atoms with Crippen molar-refractivity contribution >= 4 is 21.9 Å². The van der Waals surface area contributed by atoms with Crippen molar-refractivity contribution < 1.29 is 9.90 Å². The summed E-state index contributed by atoms with van der Waals surface area (Å²) in [5.41, 5.74) is 1.81. The molecule has 0 spiro atoms. The first-order valence-electron chi connectivity index (χ1n) is 5.58. The van der Waals surface area contributed by atoms with Gasteiger partial charge in [0.2, 0.25) is 0 Å². The number of carbonyl (C=O) groups is 1. The number of carboxylic acid groups (broad SMARTS) is 1. The fourth-order valence-electron chi connectivity index (χ4n) is 1.89. The predicted octanol–water partition coefficient (Wildman–Crippen LogP) is 3.46. The highest BCUT2D eigenvalue weighted by atomic mass is 79.9. The molecular weight excluding hydrogens is 296 g/mol. The molecule has 2 rings (SSSR count). The molecule has 0 amide bonds. The first-order chi connectivity index (χ1) is 8.50. The number of nitrogens with zero attached hydrogens (tertiary/aromatic N) is 2. The fourth-order valence-corrected chi connectivity index (χ4v) is 2.28. The minimum atomic E-state index is -0.944. The van der Waals surface area contributed by atoms with Crippen LogP contribution >= 0.6 is 15.9 Å². The van der Waals surface area contributed by atoms with Gasteiger partial charge in [0.25, 0.3) is 0 Å². The maximum atomic E-state index is 11.2. The van der Waals surface area contributed by atoms with Crippen molar-refractivity contribution in [2.75, 3.05) is 0 Å². The summed E-state index contributed by atoms with van der Waals surface area (Å²) in [5, 5.41) is 13.4. The van der Waals surface area contributed by atoms with Gasteiger partial charge < -0.3 is 5.11 Å². The molecule has 2 aromatic rings. The zero-order valence-electron chi connectivity index (χ0n) is 10.1. The second-order valence-corrected chi connectivity index (χ2v) is 5.21. The van der Waals surface area contributed by atoms with E-state index in [1.165, 1.54) is 6.20 Å². The molecule has 0 atom stereocenters. The van der Waals surface area contributed by atoms with Gasteiger partial charge in [0, 0.05) is 4.47 Å². The summed E-state index contributed by atoms with van der Waals surface area (Å²) < 4.78 is 2.61. The monoisotopic (exact) mass is 308 g/mol. The molecule has 0 aliphatic carbocycles. The molecule has 0 unspecified atom stereocenters. The molecule has 4 nitrogen and oxygen atoms in total. The standard InChI is InChI=1S/C13H13BrN2O2/c1-8(2)12-11(13(17)18)7-15-16(12)10-5-3-4-9(14)6-10/h3-8H,1-2H3,(H,17,18). The molecule has 0 radical (unpaired) electrons. The summed E-state index contributed by atoms with van der Waals surface area (Å²) in [6, 6.07) is 7.62. The van der Waals surface area contributed by atoms with Gasteiger partial charge in [-0.25, -0.2) is 9.48 Å². The molecule has 94 valence electrons. The molecule has 0 aliphatic rings. The average Bonchev–Trinajstić information content (AvgIpc) is 2.73. The quantitative estimate of drug-likeness (QED) is 0.944. The molecule has 1 heterocycles. The second-order valence-electron chi connectivity index (χ2n) is 4.30. The van der Waals surface area contributed by atoms with E-state index in [1.807, 2.05) is 38.1 Å². The topological polar surface area (TPSA) is 55.1 Å². The number of aromatic nitrogens is 2. The smallest absolute Gasteiger partial charge is 0.339 e. The number of benzene rings is 1. The SMILES string of the molecule is CC(C)c1c(C(=O)O)cnn1-c1cccc(Br)c1. The minimum Gasteiger partial charge on any atom is -0.478 e. The van der Waals surface area contributed by atoms with E-state index in [0.29, 0.717) is 5.69 Å². The third kappa shape index (κ3) is 2.31. The third-order valence-corrected chi connectivity index (χ3v) is 3.13. The van der Waals surface area contributed by atoms with Gasteiger partial charge in [-0.1, -0.05) is 35.8 Å². The molecule has 0 aliphatic heterocycles. The lowest BCUT2D eigenvalue weighted by Crippen LogP contribution is -2.08. The lowest BCUT2D eigenvalue weighted by atomic mass is 10.1. The number of hydrogen-bond donors (Lipinski definition) is 1. The molecule has 1 aromatic carbocycles. The Morgan fingerprint density at radius 3 is 2.72 bits per heavy atom. The highest BCUT2D eigenvalue weighted by Gasteiger charge is 2.20. The molecular formula is C13H13BrN2O2. The molecule has 0 fully saturated rings. The molecule has 1 N–H and O–H groups in total. The van der Waals surface area contributed by atoms with Crippen LogP contribution in [0.4, 0.5) is 0 Å². The lowest BCUT2D eigenvalue weighted by Gasteiger charge is -2.11. The van der Waals surface area contributed by atoms with Crippen LogP contribution in [0.25, 0.3) is 5.69 Å². The normalized spacial score (nSPS) is 10.9. The number of rotatable bonds is 3. The van der Waals surface area contributed by atoms with E-state index in [-0.39, 0.29) is 11.5 Å². The summed E-state index contributed by atoms with van der Waals surface area (Å²) in [6.07, 6.45) is 1.40. The van der Waals surface area contributed by atoms with E-state index >= 15 is 0 Å². The molecule has 0 saturated heterocycles. The zero-order valence-corrected chi connectivity index (χ0v) is 11.7. The minimum absolute atomic E-state index is 0.0811. The van der Waals surface area contributed by atoms with Gasteiger partial charge in [0.1, 0.15) is 5.56 Å². The van der Waals surface area contributed by atoms with E-state index in [2.05, 4.69) is 21.0 Å². The number of aromatic carboxylic acids is 1. The van der Waals surface area contributed by atoms with Gasteiger partial charge in [-0.15, -0.1) is 0 Å². The van der Waals surface area contributed by atoms with Crippen molar-refractivity contribution in [2.24, 2.45) is 0 Å². The van der Waals surface area contributed by atoms with Crippen LogP contribution in [0.5, 0.6) is 0 Å². The summed E-state index contributed by atoms with van der Waals surface area (Å²) in [7, 11) is 0. The Morgan fingerprint density at radius 2 is 2.17 bits per heavy atom. The molecule has 1 aromatic heterocycles. The number of halogens is 1. The van der Waals surface area contributed by atoms with Gasteiger partial charge in [-0.05, 0) is 24.1 Å². The predicted molar refractivity (Wildman–Crippen MR) is 72.3 cm³/mol. The van der Waals surface area contributed by atoms with Crippen LogP contribution in [0.1, 0.15) is 35.8 Å². The van der Waals surface area contributed by atoms with Gasteiger partial charge in [-0.3, -0.25) is 0 Å². The summed E-state index contributed by atoms with van der Waals surface area (Å²) >= 11 is 3.40. The number of carboxylic acids is 1. The van der Waals surface area contributed by atoms with Crippen molar-refractivity contribution in [2.45, 2.75) is 19.8 Å². The Kier molecular flexibility index (Phi) is 3.52. The molecule has 0 saturated carbocycles. The van der Waals surface area contributed by atoms with Crippen molar-refractivity contribution in [1.29, 1.82) is 0 Å². The molecule has 18 heavy (non-hydrogen) atoms. The Labute approximate surface area is 113 Å². The van der Waals surface area contributed by atoms with Crippen LogP contribution in [0, 0.1) is 0 Å². The van der Waals surface area contributed by atoms with Crippen LogP contribution in [0.2, 0.25) is 0 Å². The average molecular weight is 309 g/mol. The molecule has 5 heteroatoms. The van der Waals surface area contributed by atoms with Gasteiger partial charge in [0.05, 0.1) is 17.6 Å². The van der Waals surface area contributed by atoms with Crippen LogP contribution in [0.3, 0.4) is 0 Å². The number of hydrogen-bond acceptors (Lipinski definition) is 2. The third-order valence-electron chi connectivity index (χ3n) is 2.64. The maximum absolute atomic E-state index is 11.2. The van der Waals surface area contributed by atoms with Crippen molar-refractivity contribution in [3.63, 3.8) is 0 Å². The first kappa shape index (κ1) is 12.8. The highest BCUT2D eigenvalue weighted by molar-refractivity contribution is 9.10.